The minimum absolute atomic E-state index is 0.253. The van der Waals surface area contributed by atoms with Crippen LogP contribution >= 0.6 is 0 Å². The van der Waals surface area contributed by atoms with Gasteiger partial charge in [0.25, 0.3) is 0 Å². The predicted octanol–water partition coefficient (Wildman–Crippen LogP) is 2.99. The molecule has 1 aliphatic carbocycles. The molecule has 0 radical (unpaired) electrons. The molecule has 4 rings (SSSR count). The van der Waals surface area contributed by atoms with Crippen LogP contribution in [0.25, 0.3) is 0 Å². The lowest BCUT2D eigenvalue weighted by atomic mass is 10.3. The van der Waals surface area contributed by atoms with Gasteiger partial charge in [-0.3, -0.25) is 0 Å². The summed E-state index contributed by atoms with van der Waals surface area (Å²) in [5, 5.41) is 4.30. The molecule has 3 aromatic rings. The lowest BCUT2D eigenvalue weighted by Gasteiger charge is -2.34. The average molecular weight is 343 g/mol. The van der Waals surface area contributed by atoms with E-state index in [0.29, 0.717) is 5.92 Å². The fraction of sp³-hybridized carbons (Fsp3) is 0.174. The van der Waals surface area contributed by atoms with E-state index in [-0.39, 0.29) is 5.92 Å². The second-order valence-electron chi connectivity index (χ2n) is 7.00. The van der Waals surface area contributed by atoms with Gasteiger partial charge in [-0.05, 0) is 33.9 Å². The van der Waals surface area contributed by atoms with E-state index >= 15 is 0 Å². The summed E-state index contributed by atoms with van der Waals surface area (Å²) >= 11 is 0. The highest BCUT2D eigenvalue weighted by atomic mass is 28.3. The van der Waals surface area contributed by atoms with E-state index in [9.17, 15) is 4.79 Å². The Kier molecular flexibility index (Phi) is 4.37. The van der Waals surface area contributed by atoms with Crippen molar-refractivity contribution in [1.82, 2.24) is 0 Å². The Hall–Kier alpha value is -2.45. The maximum Gasteiger partial charge on any atom is 0.148 e. The summed E-state index contributed by atoms with van der Waals surface area (Å²) in [6.07, 6.45) is 2.20. The Labute approximate surface area is 150 Å². The topological polar surface area (TPSA) is 17.1 Å². The Morgan fingerprint density at radius 3 is 1.44 bits per heavy atom. The van der Waals surface area contributed by atoms with Crippen LogP contribution in [0.1, 0.15) is 6.42 Å². The number of rotatable bonds is 6. The van der Waals surface area contributed by atoms with Gasteiger partial charge >= 0.3 is 0 Å². The summed E-state index contributed by atoms with van der Waals surface area (Å²) in [4.78, 5) is 11.3. The second kappa shape index (κ2) is 6.81. The van der Waals surface area contributed by atoms with E-state index in [1.807, 2.05) is 0 Å². The van der Waals surface area contributed by atoms with Gasteiger partial charge in [-0.15, -0.1) is 0 Å². The van der Waals surface area contributed by atoms with Crippen LogP contribution in [0.15, 0.2) is 91.0 Å². The summed E-state index contributed by atoms with van der Waals surface area (Å²) in [7, 11) is -2.14. The molecule has 0 N–H and O–H groups in total. The maximum atomic E-state index is 11.3. The Morgan fingerprint density at radius 2 is 1.12 bits per heavy atom. The van der Waals surface area contributed by atoms with E-state index < -0.39 is 8.07 Å². The fourth-order valence-corrected chi connectivity index (χ4v) is 9.33. The van der Waals surface area contributed by atoms with Crippen LogP contribution in [0, 0.1) is 11.8 Å². The maximum absolute atomic E-state index is 11.3. The largest absolute Gasteiger partial charge is 0.303 e. The van der Waals surface area contributed by atoms with Gasteiger partial charge in [0.1, 0.15) is 14.4 Å². The second-order valence-corrected chi connectivity index (χ2v) is 11.0. The first-order valence-corrected chi connectivity index (χ1v) is 11.2. The number of benzene rings is 3. The van der Waals surface area contributed by atoms with Gasteiger partial charge in [-0.2, -0.15) is 0 Å². The average Bonchev–Trinajstić information content (AvgIpc) is 3.46. The van der Waals surface area contributed by atoms with Crippen molar-refractivity contribution in [3.8, 4) is 0 Å². The summed E-state index contributed by atoms with van der Waals surface area (Å²) in [6.45, 7) is 0. The van der Waals surface area contributed by atoms with Crippen LogP contribution in [0.2, 0.25) is 6.04 Å². The van der Waals surface area contributed by atoms with Gasteiger partial charge in [-0.1, -0.05) is 91.0 Å². The molecule has 0 saturated heterocycles. The molecule has 1 nitrogen and oxygen atoms in total. The van der Waals surface area contributed by atoms with Crippen molar-refractivity contribution < 1.29 is 4.79 Å². The van der Waals surface area contributed by atoms with E-state index in [2.05, 4.69) is 91.0 Å². The molecule has 1 saturated carbocycles. The van der Waals surface area contributed by atoms with Gasteiger partial charge in [0.2, 0.25) is 0 Å². The molecule has 1 aliphatic rings. The lowest BCUT2D eigenvalue weighted by Crippen LogP contribution is -2.67. The number of carbonyl (C=O) groups is 1. The standard InChI is InChI=1S/C23H22OSi/c24-17-19-16-20(19)18-25(21-10-4-1-5-11-21,22-12-6-2-7-13-22)23-14-8-3-9-15-23/h1-15,17,19-20H,16,18H2/t19-,20-/m1/s1. The lowest BCUT2D eigenvalue weighted by molar-refractivity contribution is -0.109. The Bertz CT molecular complexity index is 733. The fourth-order valence-electron chi connectivity index (χ4n) is 4.09. The van der Waals surface area contributed by atoms with Crippen molar-refractivity contribution in [2.45, 2.75) is 12.5 Å². The van der Waals surface area contributed by atoms with Gasteiger partial charge in [-0.25, -0.2) is 0 Å². The number of hydrogen-bond donors (Lipinski definition) is 0. The zero-order valence-electron chi connectivity index (χ0n) is 14.2. The predicted molar refractivity (Wildman–Crippen MR) is 106 cm³/mol. The zero-order chi connectivity index (χ0) is 17.1. The molecule has 124 valence electrons. The Balaban J connectivity index is 1.93. The minimum Gasteiger partial charge on any atom is -0.303 e. The van der Waals surface area contributed by atoms with Gasteiger partial charge in [0.05, 0.1) is 0 Å². The van der Waals surface area contributed by atoms with Crippen molar-refractivity contribution in [2.24, 2.45) is 11.8 Å². The summed E-state index contributed by atoms with van der Waals surface area (Å²) in [5.74, 6) is 0.771. The molecule has 2 atom stereocenters. The molecular weight excluding hydrogens is 320 g/mol. The quantitative estimate of drug-likeness (QED) is 0.382. The van der Waals surface area contributed by atoms with Crippen LogP contribution in [0.3, 0.4) is 0 Å². The summed E-state index contributed by atoms with van der Waals surface area (Å²) in [5.41, 5.74) is 0. The number of hydrogen-bond acceptors (Lipinski definition) is 1. The third-order valence-electron chi connectivity index (χ3n) is 5.52. The molecular formula is C23H22OSi. The van der Waals surface area contributed by atoms with Gasteiger partial charge in [0.15, 0.2) is 0 Å². The molecule has 0 aromatic heterocycles. The number of aldehydes is 1. The van der Waals surface area contributed by atoms with Gasteiger partial charge in [0, 0.05) is 5.92 Å². The molecule has 0 heterocycles. The highest BCUT2D eigenvalue weighted by molar-refractivity contribution is 7.11. The van der Waals surface area contributed by atoms with Crippen molar-refractivity contribution in [1.29, 1.82) is 0 Å². The molecule has 3 aromatic carbocycles. The first-order chi connectivity index (χ1) is 12.3. The van der Waals surface area contributed by atoms with Gasteiger partial charge < -0.3 is 4.79 Å². The van der Waals surface area contributed by atoms with Crippen LogP contribution in [0.4, 0.5) is 0 Å². The van der Waals surface area contributed by atoms with E-state index in [1.165, 1.54) is 15.6 Å². The molecule has 0 amide bonds. The summed E-state index contributed by atoms with van der Waals surface area (Å²) in [6, 6.07) is 33.9. The molecule has 25 heavy (non-hydrogen) atoms. The van der Waals surface area contributed by atoms with Crippen molar-refractivity contribution in [2.75, 3.05) is 0 Å². The van der Waals surface area contributed by atoms with E-state index in [4.69, 9.17) is 0 Å². The molecule has 0 bridgehead atoms. The zero-order valence-corrected chi connectivity index (χ0v) is 15.2. The van der Waals surface area contributed by atoms with Crippen LogP contribution in [-0.2, 0) is 4.79 Å². The molecule has 1 fully saturated rings. The molecule has 2 heteroatoms. The third kappa shape index (κ3) is 2.98. The normalized spacial score (nSPS) is 19.4. The first-order valence-electron chi connectivity index (χ1n) is 8.96. The first kappa shape index (κ1) is 16.0. The Morgan fingerprint density at radius 1 is 0.720 bits per heavy atom. The molecule has 0 aliphatic heterocycles. The monoisotopic (exact) mass is 342 g/mol. The van der Waals surface area contributed by atoms with E-state index in [1.54, 1.807) is 0 Å². The van der Waals surface area contributed by atoms with Crippen LogP contribution < -0.4 is 15.6 Å². The third-order valence-corrected chi connectivity index (χ3v) is 10.6. The molecule has 0 unspecified atom stereocenters. The summed E-state index contributed by atoms with van der Waals surface area (Å²) < 4.78 is 0. The number of carbonyl (C=O) groups excluding carboxylic acids is 1. The van der Waals surface area contributed by atoms with Crippen molar-refractivity contribution in [3.63, 3.8) is 0 Å². The SMILES string of the molecule is O=C[C@H]1C[C@@H]1C[Si](c1ccccc1)(c1ccccc1)c1ccccc1. The van der Waals surface area contributed by atoms with Crippen LogP contribution in [0.5, 0.6) is 0 Å². The molecule has 0 spiro atoms. The highest BCUT2D eigenvalue weighted by Crippen LogP contribution is 2.42. The van der Waals surface area contributed by atoms with Crippen molar-refractivity contribution in [3.05, 3.63) is 91.0 Å². The van der Waals surface area contributed by atoms with Crippen molar-refractivity contribution >= 4 is 29.9 Å². The minimum atomic E-state index is -2.14. The highest BCUT2D eigenvalue weighted by Gasteiger charge is 2.47. The van der Waals surface area contributed by atoms with E-state index in [0.717, 1.165) is 18.8 Å². The smallest absolute Gasteiger partial charge is 0.148 e. The van der Waals surface area contributed by atoms with Crippen LogP contribution in [-0.4, -0.2) is 14.4 Å².